The van der Waals surface area contributed by atoms with Crippen molar-refractivity contribution in [3.63, 3.8) is 0 Å². The van der Waals surface area contributed by atoms with Gasteiger partial charge in [-0.2, -0.15) is 0 Å². The zero-order chi connectivity index (χ0) is 12.5. The van der Waals surface area contributed by atoms with Crippen LogP contribution in [0.4, 0.5) is 0 Å². The van der Waals surface area contributed by atoms with Gasteiger partial charge in [0.2, 0.25) is 0 Å². The maximum atomic E-state index is 11.9. The molecule has 0 unspecified atom stereocenters. The first-order valence-electron chi connectivity index (χ1n) is 5.80. The molecule has 0 saturated carbocycles. The number of aryl methyl sites for hydroxylation is 1. The predicted molar refractivity (Wildman–Crippen MR) is 72.9 cm³/mol. The van der Waals surface area contributed by atoms with Crippen molar-refractivity contribution < 1.29 is 4.79 Å². The summed E-state index contributed by atoms with van der Waals surface area (Å²) in [5, 5.41) is 0. The summed E-state index contributed by atoms with van der Waals surface area (Å²) in [6, 6.07) is 10.1. The largest absolute Gasteiger partial charge is 0.294 e. The van der Waals surface area contributed by atoms with E-state index in [0.717, 1.165) is 12.0 Å². The smallest absolute Gasteiger partial charge is 0.162 e. The van der Waals surface area contributed by atoms with Crippen LogP contribution >= 0.6 is 0 Å². The first kappa shape index (κ1) is 13.2. The predicted octanol–water partition coefficient (Wildman–Crippen LogP) is 3.88. The van der Waals surface area contributed by atoms with Gasteiger partial charge in [-0.05, 0) is 18.9 Å². The number of carbonyl (C=O) groups excluding carboxylic acids is 1. The highest BCUT2D eigenvalue weighted by Crippen LogP contribution is 2.08. The first-order chi connectivity index (χ1) is 8.27. The van der Waals surface area contributed by atoms with Crippen LogP contribution in [-0.2, 0) is 11.2 Å². The van der Waals surface area contributed by atoms with Gasteiger partial charge in [0.1, 0.15) is 0 Å². The lowest BCUT2D eigenvalue weighted by molar-refractivity contribution is -0.115. The Morgan fingerprint density at radius 3 is 2.59 bits per heavy atom. The van der Waals surface area contributed by atoms with E-state index in [1.54, 1.807) is 18.2 Å². The Morgan fingerprint density at radius 2 is 2.00 bits per heavy atom. The summed E-state index contributed by atoms with van der Waals surface area (Å²) in [5.41, 5.74) is 1.95. The van der Waals surface area contributed by atoms with Gasteiger partial charge >= 0.3 is 0 Å². The molecular formula is C16H18O. The van der Waals surface area contributed by atoms with Gasteiger partial charge in [0.15, 0.2) is 5.78 Å². The normalized spacial score (nSPS) is 11.7. The van der Waals surface area contributed by atoms with Crippen LogP contribution < -0.4 is 0 Å². The van der Waals surface area contributed by atoms with Crippen LogP contribution in [0.2, 0.25) is 0 Å². The van der Waals surface area contributed by atoms with E-state index >= 15 is 0 Å². The van der Waals surface area contributed by atoms with Gasteiger partial charge in [-0.15, -0.1) is 0 Å². The SMILES string of the molecule is C=C/C=C\C(=C/C)C(=O)CCc1ccccc1. The fourth-order valence-electron chi connectivity index (χ4n) is 1.57. The molecule has 0 spiro atoms. The number of benzene rings is 1. The van der Waals surface area contributed by atoms with Crippen LogP contribution in [0.1, 0.15) is 18.9 Å². The average Bonchev–Trinajstić information content (AvgIpc) is 2.38. The van der Waals surface area contributed by atoms with Crippen molar-refractivity contribution in [1.82, 2.24) is 0 Å². The van der Waals surface area contributed by atoms with E-state index < -0.39 is 0 Å². The zero-order valence-electron chi connectivity index (χ0n) is 10.2. The van der Waals surface area contributed by atoms with E-state index in [9.17, 15) is 4.79 Å². The number of Topliss-reactive ketones (excluding diaryl/α,β-unsaturated/α-hetero) is 1. The number of hydrogen-bond donors (Lipinski definition) is 0. The standard InChI is InChI=1S/C16H18O/c1-3-5-11-15(4-2)16(17)13-12-14-9-7-6-8-10-14/h3-11H,1,12-13H2,2H3/b11-5-,15-4+. The molecule has 0 aromatic heterocycles. The highest BCUT2D eigenvalue weighted by Gasteiger charge is 2.05. The molecule has 0 radical (unpaired) electrons. The van der Waals surface area contributed by atoms with Gasteiger partial charge in [-0.3, -0.25) is 4.79 Å². The zero-order valence-corrected chi connectivity index (χ0v) is 10.2. The minimum Gasteiger partial charge on any atom is -0.294 e. The average molecular weight is 226 g/mol. The van der Waals surface area contributed by atoms with Gasteiger partial charge in [-0.1, -0.05) is 61.2 Å². The second-order valence-corrected chi connectivity index (χ2v) is 3.75. The van der Waals surface area contributed by atoms with Gasteiger partial charge in [-0.25, -0.2) is 0 Å². The van der Waals surface area contributed by atoms with Crippen LogP contribution in [0.15, 0.2) is 66.8 Å². The molecule has 1 heteroatoms. The first-order valence-corrected chi connectivity index (χ1v) is 5.80. The third kappa shape index (κ3) is 4.64. The summed E-state index contributed by atoms with van der Waals surface area (Å²) in [6.07, 6.45) is 8.45. The van der Waals surface area contributed by atoms with Crippen molar-refractivity contribution in [1.29, 1.82) is 0 Å². The molecule has 0 atom stereocenters. The maximum absolute atomic E-state index is 11.9. The second-order valence-electron chi connectivity index (χ2n) is 3.75. The van der Waals surface area contributed by atoms with E-state index in [2.05, 4.69) is 6.58 Å². The van der Waals surface area contributed by atoms with Crippen molar-refractivity contribution in [3.05, 3.63) is 72.4 Å². The van der Waals surface area contributed by atoms with E-state index in [1.165, 1.54) is 5.56 Å². The van der Waals surface area contributed by atoms with Crippen LogP contribution in [0.3, 0.4) is 0 Å². The molecular weight excluding hydrogens is 208 g/mol. The fraction of sp³-hybridized carbons (Fsp3) is 0.188. The van der Waals surface area contributed by atoms with Crippen molar-refractivity contribution >= 4 is 5.78 Å². The Morgan fingerprint density at radius 1 is 1.29 bits per heavy atom. The summed E-state index contributed by atoms with van der Waals surface area (Å²) < 4.78 is 0. The summed E-state index contributed by atoms with van der Waals surface area (Å²) >= 11 is 0. The topological polar surface area (TPSA) is 17.1 Å². The number of hydrogen-bond acceptors (Lipinski definition) is 1. The van der Waals surface area contributed by atoms with Crippen LogP contribution in [0.25, 0.3) is 0 Å². The van der Waals surface area contributed by atoms with E-state index in [4.69, 9.17) is 0 Å². The summed E-state index contributed by atoms with van der Waals surface area (Å²) in [4.78, 5) is 11.9. The minimum atomic E-state index is 0.175. The van der Waals surface area contributed by atoms with Crippen molar-refractivity contribution in [3.8, 4) is 0 Å². The molecule has 0 fully saturated rings. The Labute approximate surface area is 103 Å². The molecule has 1 aromatic rings. The molecule has 0 aliphatic heterocycles. The van der Waals surface area contributed by atoms with Gasteiger partial charge < -0.3 is 0 Å². The summed E-state index contributed by atoms with van der Waals surface area (Å²) in [5.74, 6) is 0.175. The number of rotatable bonds is 6. The molecule has 0 heterocycles. The number of allylic oxidation sites excluding steroid dienone is 5. The fourth-order valence-corrected chi connectivity index (χ4v) is 1.57. The Kier molecular flexibility index (Phi) is 5.73. The van der Waals surface area contributed by atoms with Crippen molar-refractivity contribution in [2.75, 3.05) is 0 Å². The van der Waals surface area contributed by atoms with Gasteiger partial charge in [0.05, 0.1) is 0 Å². The molecule has 1 rings (SSSR count). The number of carbonyl (C=O) groups is 1. The molecule has 0 aliphatic carbocycles. The lowest BCUT2D eigenvalue weighted by atomic mass is 10.0. The summed E-state index contributed by atoms with van der Waals surface area (Å²) in [7, 11) is 0. The van der Waals surface area contributed by atoms with Crippen LogP contribution in [0, 0.1) is 0 Å². The highest BCUT2D eigenvalue weighted by molar-refractivity contribution is 5.98. The lowest BCUT2D eigenvalue weighted by Gasteiger charge is -2.02. The molecule has 88 valence electrons. The molecule has 17 heavy (non-hydrogen) atoms. The van der Waals surface area contributed by atoms with Crippen molar-refractivity contribution in [2.24, 2.45) is 0 Å². The van der Waals surface area contributed by atoms with Crippen molar-refractivity contribution in [2.45, 2.75) is 19.8 Å². The lowest BCUT2D eigenvalue weighted by Crippen LogP contribution is -2.02. The molecule has 0 saturated heterocycles. The van der Waals surface area contributed by atoms with Crippen LogP contribution in [-0.4, -0.2) is 5.78 Å². The third-order valence-electron chi connectivity index (χ3n) is 2.53. The molecule has 0 N–H and O–H groups in total. The Bertz CT molecular complexity index is 424. The summed E-state index contributed by atoms with van der Waals surface area (Å²) in [6.45, 7) is 5.47. The Hall–Kier alpha value is -1.89. The monoisotopic (exact) mass is 226 g/mol. The molecule has 0 bridgehead atoms. The number of ketones is 1. The molecule has 0 aliphatic rings. The Balaban J connectivity index is 2.54. The minimum absolute atomic E-state index is 0.175. The molecule has 1 aromatic carbocycles. The maximum Gasteiger partial charge on any atom is 0.162 e. The third-order valence-corrected chi connectivity index (χ3v) is 2.53. The van der Waals surface area contributed by atoms with E-state index in [-0.39, 0.29) is 5.78 Å². The second kappa shape index (κ2) is 7.39. The van der Waals surface area contributed by atoms with Gasteiger partial charge in [0, 0.05) is 12.0 Å². The van der Waals surface area contributed by atoms with E-state index in [1.807, 2.05) is 43.3 Å². The highest BCUT2D eigenvalue weighted by atomic mass is 16.1. The molecule has 1 nitrogen and oxygen atoms in total. The quantitative estimate of drug-likeness (QED) is 0.531. The van der Waals surface area contributed by atoms with Crippen LogP contribution in [0.5, 0.6) is 0 Å². The van der Waals surface area contributed by atoms with E-state index in [0.29, 0.717) is 6.42 Å². The van der Waals surface area contributed by atoms with Gasteiger partial charge in [0.25, 0.3) is 0 Å². The molecule has 0 amide bonds.